The minimum atomic E-state index is -0.269. The third-order valence-corrected chi connectivity index (χ3v) is 3.47. The number of carbonyl (C=O) groups is 1. The maximum Gasteiger partial charge on any atom is 0.231 e. The van der Waals surface area contributed by atoms with Gasteiger partial charge in [0.25, 0.3) is 0 Å². The van der Waals surface area contributed by atoms with Crippen LogP contribution in [0.3, 0.4) is 0 Å². The van der Waals surface area contributed by atoms with Crippen LogP contribution in [0.1, 0.15) is 5.56 Å². The van der Waals surface area contributed by atoms with Crippen molar-refractivity contribution in [3.8, 4) is 0 Å². The lowest BCUT2D eigenvalue weighted by Gasteiger charge is -2.36. The number of nitrogens with zero attached hydrogens (tertiary/aromatic N) is 2. The molecule has 1 fully saturated rings. The molecule has 0 bridgehead atoms. The first-order valence-electron chi connectivity index (χ1n) is 6.65. The summed E-state index contributed by atoms with van der Waals surface area (Å²) in [5, 5.41) is 9.11. The molecule has 104 valence electrons. The number of aliphatic hydroxyl groups is 1. The average Bonchev–Trinajstić information content (AvgIpc) is 2.40. The fourth-order valence-corrected chi connectivity index (χ4v) is 2.52. The Morgan fingerprint density at radius 2 is 1.89 bits per heavy atom. The SMILES string of the molecule is NC(=O)CN1CCN(c2ccccc2CCO)CC1. The minimum Gasteiger partial charge on any atom is -0.396 e. The molecule has 0 saturated carbocycles. The molecular formula is C14H21N3O2. The predicted octanol–water partition coefficient (Wildman–Crippen LogP) is -0.171. The molecule has 1 saturated heterocycles. The Morgan fingerprint density at radius 3 is 2.53 bits per heavy atom. The van der Waals surface area contributed by atoms with Crippen LogP contribution >= 0.6 is 0 Å². The van der Waals surface area contributed by atoms with Crippen molar-refractivity contribution < 1.29 is 9.90 Å². The standard InChI is InChI=1S/C14H21N3O2/c15-14(19)11-16-6-8-17(9-7-16)13-4-2-1-3-12(13)5-10-18/h1-4,18H,5-11H2,(H2,15,19). The average molecular weight is 263 g/mol. The van der Waals surface area contributed by atoms with Crippen molar-refractivity contribution in [2.45, 2.75) is 6.42 Å². The Balaban J connectivity index is 1.99. The summed E-state index contributed by atoms with van der Waals surface area (Å²) >= 11 is 0. The van der Waals surface area contributed by atoms with Gasteiger partial charge in [-0.1, -0.05) is 18.2 Å². The van der Waals surface area contributed by atoms with Gasteiger partial charge in [0.05, 0.1) is 6.54 Å². The number of carbonyl (C=O) groups excluding carboxylic acids is 1. The van der Waals surface area contributed by atoms with Crippen LogP contribution in [0, 0.1) is 0 Å². The van der Waals surface area contributed by atoms with Gasteiger partial charge in [0.1, 0.15) is 0 Å². The van der Waals surface area contributed by atoms with Gasteiger partial charge in [-0.05, 0) is 18.1 Å². The number of piperazine rings is 1. The molecular weight excluding hydrogens is 242 g/mol. The predicted molar refractivity (Wildman–Crippen MR) is 75.1 cm³/mol. The molecule has 3 N–H and O–H groups in total. The summed E-state index contributed by atoms with van der Waals surface area (Å²) in [4.78, 5) is 15.3. The first-order chi connectivity index (χ1) is 9.20. The lowest BCUT2D eigenvalue weighted by Crippen LogP contribution is -2.49. The highest BCUT2D eigenvalue weighted by atomic mass is 16.3. The van der Waals surface area contributed by atoms with Gasteiger partial charge in [-0.3, -0.25) is 9.69 Å². The molecule has 2 rings (SSSR count). The second-order valence-corrected chi connectivity index (χ2v) is 4.83. The number of hydrogen-bond acceptors (Lipinski definition) is 4. The van der Waals surface area contributed by atoms with E-state index < -0.39 is 0 Å². The molecule has 0 aliphatic carbocycles. The van der Waals surface area contributed by atoms with Gasteiger partial charge in [0.15, 0.2) is 0 Å². The summed E-state index contributed by atoms with van der Waals surface area (Å²) in [6, 6.07) is 8.17. The number of amides is 1. The number of para-hydroxylation sites is 1. The first kappa shape index (κ1) is 13.8. The van der Waals surface area contributed by atoms with E-state index in [2.05, 4.69) is 21.9 Å². The van der Waals surface area contributed by atoms with Crippen LogP contribution in [-0.2, 0) is 11.2 Å². The number of aliphatic hydroxyl groups excluding tert-OH is 1. The van der Waals surface area contributed by atoms with E-state index in [9.17, 15) is 4.79 Å². The molecule has 1 aromatic carbocycles. The van der Waals surface area contributed by atoms with Crippen LogP contribution in [0.4, 0.5) is 5.69 Å². The molecule has 5 nitrogen and oxygen atoms in total. The fraction of sp³-hybridized carbons (Fsp3) is 0.500. The van der Waals surface area contributed by atoms with Crippen LogP contribution in [0.2, 0.25) is 0 Å². The Kier molecular flexibility index (Phi) is 4.76. The fourth-order valence-electron chi connectivity index (χ4n) is 2.52. The van der Waals surface area contributed by atoms with Crippen LogP contribution in [0.5, 0.6) is 0 Å². The number of benzene rings is 1. The van der Waals surface area contributed by atoms with Crippen molar-refractivity contribution in [3.63, 3.8) is 0 Å². The highest BCUT2D eigenvalue weighted by Crippen LogP contribution is 2.22. The molecule has 19 heavy (non-hydrogen) atoms. The van der Waals surface area contributed by atoms with E-state index in [1.807, 2.05) is 12.1 Å². The van der Waals surface area contributed by atoms with Crippen LogP contribution in [-0.4, -0.2) is 55.2 Å². The molecule has 0 spiro atoms. The minimum absolute atomic E-state index is 0.165. The highest BCUT2D eigenvalue weighted by Gasteiger charge is 2.19. The number of rotatable bonds is 5. The van der Waals surface area contributed by atoms with Gasteiger partial charge in [-0.2, -0.15) is 0 Å². The van der Waals surface area contributed by atoms with Crippen molar-refractivity contribution in [2.24, 2.45) is 5.73 Å². The third-order valence-electron chi connectivity index (χ3n) is 3.47. The molecule has 0 atom stereocenters. The molecule has 1 aliphatic heterocycles. The van der Waals surface area contributed by atoms with Crippen molar-refractivity contribution in [3.05, 3.63) is 29.8 Å². The Labute approximate surface area is 113 Å². The van der Waals surface area contributed by atoms with Crippen LogP contribution in [0.15, 0.2) is 24.3 Å². The molecule has 0 unspecified atom stereocenters. The summed E-state index contributed by atoms with van der Waals surface area (Å²) in [6.07, 6.45) is 0.678. The Bertz CT molecular complexity index is 428. The van der Waals surface area contributed by atoms with Crippen molar-refractivity contribution >= 4 is 11.6 Å². The van der Waals surface area contributed by atoms with Gasteiger partial charge >= 0.3 is 0 Å². The summed E-state index contributed by atoms with van der Waals surface area (Å²) in [5.41, 5.74) is 7.58. The smallest absolute Gasteiger partial charge is 0.231 e. The Hall–Kier alpha value is -1.59. The van der Waals surface area contributed by atoms with Gasteiger partial charge in [-0.25, -0.2) is 0 Å². The van der Waals surface area contributed by atoms with Gasteiger partial charge < -0.3 is 15.7 Å². The summed E-state index contributed by atoms with van der Waals surface area (Å²) < 4.78 is 0. The van der Waals surface area contributed by atoms with Gasteiger partial charge in [0, 0.05) is 38.5 Å². The van der Waals surface area contributed by atoms with Crippen LogP contribution in [0.25, 0.3) is 0 Å². The van der Waals surface area contributed by atoms with E-state index in [0.29, 0.717) is 13.0 Å². The lowest BCUT2D eigenvalue weighted by molar-refractivity contribution is -0.119. The van der Waals surface area contributed by atoms with E-state index in [4.69, 9.17) is 10.8 Å². The molecule has 1 aliphatic rings. The number of anilines is 1. The molecule has 1 aromatic rings. The third kappa shape index (κ3) is 3.68. The molecule has 5 heteroatoms. The Morgan fingerprint density at radius 1 is 1.21 bits per heavy atom. The van der Waals surface area contributed by atoms with E-state index in [1.165, 1.54) is 11.3 Å². The zero-order valence-electron chi connectivity index (χ0n) is 11.1. The largest absolute Gasteiger partial charge is 0.396 e. The van der Waals surface area contributed by atoms with E-state index in [-0.39, 0.29) is 12.5 Å². The quantitative estimate of drug-likeness (QED) is 0.774. The lowest BCUT2D eigenvalue weighted by atomic mass is 10.1. The van der Waals surface area contributed by atoms with E-state index in [0.717, 1.165) is 26.2 Å². The summed E-state index contributed by atoms with van der Waals surface area (Å²) in [7, 11) is 0. The molecule has 0 radical (unpaired) electrons. The van der Waals surface area contributed by atoms with Gasteiger partial charge in [-0.15, -0.1) is 0 Å². The molecule has 0 aromatic heterocycles. The van der Waals surface area contributed by atoms with Crippen molar-refractivity contribution in [1.82, 2.24) is 4.90 Å². The zero-order valence-corrected chi connectivity index (χ0v) is 11.1. The molecule has 1 heterocycles. The number of nitrogens with two attached hydrogens (primary N) is 1. The second-order valence-electron chi connectivity index (χ2n) is 4.83. The van der Waals surface area contributed by atoms with Crippen molar-refractivity contribution in [1.29, 1.82) is 0 Å². The van der Waals surface area contributed by atoms with Gasteiger partial charge in [0.2, 0.25) is 5.91 Å². The number of primary amides is 1. The maximum atomic E-state index is 10.9. The number of hydrogen-bond donors (Lipinski definition) is 2. The monoisotopic (exact) mass is 263 g/mol. The van der Waals surface area contributed by atoms with E-state index >= 15 is 0 Å². The normalized spacial score (nSPS) is 16.6. The van der Waals surface area contributed by atoms with E-state index in [1.54, 1.807) is 0 Å². The topological polar surface area (TPSA) is 69.8 Å². The molecule has 1 amide bonds. The first-order valence-corrected chi connectivity index (χ1v) is 6.65. The van der Waals surface area contributed by atoms with Crippen molar-refractivity contribution in [2.75, 3.05) is 44.2 Å². The maximum absolute atomic E-state index is 10.9. The highest BCUT2D eigenvalue weighted by molar-refractivity contribution is 5.76. The summed E-state index contributed by atoms with van der Waals surface area (Å²) in [6.45, 7) is 3.96. The zero-order chi connectivity index (χ0) is 13.7. The van der Waals surface area contributed by atoms with Crippen LogP contribution < -0.4 is 10.6 Å². The summed E-state index contributed by atoms with van der Waals surface area (Å²) in [5.74, 6) is -0.269. The second kappa shape index (κ2) is 6.54.